The first-order valence-corrected chi connectivity index (χ1v) is 10.3. The molecule has 0 aromatic heterocycles. The van der Waals surface area contributed by atoms with Crippen LogP contribution in [0.5, 0.6) is 0 Å². The Labute approximate surface area is 182 Å². The highest BCUT2D eigenvalue weighted by Gasteiger charge is 2.40. The standard InChI is InChI=1S/C26H25N3O2/c1-4-18-10-12-20(13-11-18)27-24-23(19-8-6-5-7-9-19)25(30)29(26(24)31)22-16-14-21(15-17-22)28(2)3/h5-17,27H,4H2,1-3H3. The molecule has 0 saturated heterocycles. The second-order valence-electron chi connectivity index (χ2n) is 7.65. The summed E-state index contributed by atoms with van der Waals surface area (Å²) in [7, 11) is 3.89. The summed E-state index contributed by atoms with van der Waals surface area (Å²) in [5.41, 5.74) is 4.89. The second kappa shape index (κ2) is 8.48. The van der Waals surface area contributed by atoms with E-state index in [1.807, 2.05) is 85.7 Å². The summed E-state index contributed by atoms with van der Waals surface area (Å²) < 4.78 is 0. The number of amides is 2. The summed E-state index contributed by atoms with van der Waals surface area (Å²) in [5.74, 6) is -0.692. The number of imide groups is 1. The number of nitrogens with zero attached hydrogens (tertiary/aromatic N) is 2. The minimum atomic E-state index is -0.360. The van der Waals surface area contributed by atoms with Crippen molar-refractivity contribution in [2.24, 2.45) is 0 Å². The van der Waals surface area contributed by atoms with Gasteiger partial charge in [-0.2, -0.15) is 0 Å². The Kier molecular flexibility index (Phi) is 5.58. The van der Waals surface area contributed by atoms with Gasteiger partial charge in [-0.25, -0.2) is 4.90 Å². The predicted octanol–water partition coefficient (Wildman–Crippen LogP) is 4.71. The Hall–Kier alpha value is -3.86. The van der Waals surface area contributed by atoms with Gasteiger partial charge in [0.25, 0.3) is 11.8 Å². The third kappa shape index (κ3) is 3.94. The zero-order valence-corrected chi connectivity index (χ0v) is 17.9. The molecule has 4 rings (SSSR count). The number of anilines is 3. The molecule has 156 valence electrons. The van der Waals surface area contributed by atoms with Crippen molar-refractivity contribution >= 4 is 34.4 Å². The SMILES string of the molecule is CCc1ccc(NC2=C(c3ccccc3)C(=O)N(c3ccc(N(C)C)cc3)C2=O)cc1. The third-order valence-corrected chi connectivity index (χ3v) is 5.40. The van der Waals surface area contributed by atoms with Crippen LogP contribution in [0.15, 0.2) is 84.6 Å². The van der Waals surface area contributed by atoms with E-state index in [2.05, 4.69) is 12.2 Å². The molecule has 0 spiro atoms. The van der Waals surface area contributed by atoms with Gasteiger partial charge in [0.1, 0.15) is 5.70 Å². The molecule has 1 aliphatic rings. The van der Waals surface area contributed by atoms with Crippen molar-refractivity contribution in [3.8, 4) is 0 Å². The molecule has 3 aromatic carbocycles. The molecule has 1 aliphatic heterocycles. The van der Waals surface area contributed by atoms with Crippen LogP contribution >= 0.6 is 0 Å². The average molecular weight is 412 g/mol. The van der Waals surface area contributed by atoms with E-state index >= 15 is 0 Å². The first-order chi connectivity index (χ1) is 15.0. The fraction of sp³-hybridized carbons (Fsp3) is 0.154. The summed E-state index contributed by atoms with van der Waals surface area (Å²) in [5, 5.41) is 3.21. The molecule has 3 aromatic rings. The van der Waals surface area contributed by atoms with Gasteiger partial charge in [0.15, 0.2) is 0 Å². The molecule has 0 radical (unpaired) electrons. The number of aryl methyl sites for hydroxylation is 1. The topological polar surface area (TPSA) is 52.7 Å². The van der Waals surface area contributed by atoms with Crippen molar-refractivity contribution in [1.82, 2.24) is 0 Å². The maximum absolute atomic E-state index is 13.4. The molecule has 0 saturated carbocycles. The molecule has 31 heavy (non-hydrogen) atoms. The average Bonchev–Trinajstić information content (AvgIpc) is 3.04. The Bertz CT molecular complexity index is 1130. The van der Waals surface area contributed by atoms with Crippen molar-refractivity contribution in [3.05, 3.63) is 95.7 Å². The predicted molar refractivity (Wildman–Crippen MR) is 126 cm³/mol. The molecule has 0 unspecified atom stereocenters. The van der Waals surface area contributed by atoms with Gasteiger partial charge < -0.3 is 10.2 Å². The minimum Gasteiger partial charge on any atom is -0.378 e. The number of benzene rings is 3. The quantitative estimate of drug-likeness (QED) is 0.597. The number of carbonyl (C=O) groups excluding carboxylic acids is 2. The Morgan fingerprint density at radius 2 is 1.45 bits per heavy atom. The Balaban J connectivity index is 1.74. The Morgan fingerprint density at radius 3 is 2.03 bits per heavy atom. The summed E-state index contributed by atoms with van der Waals surface area (Å²) in [6, 6.07) is 24.6. The molecule has 5 nitrogen and oxygen atoms in total. The third-order valence-electron chi connectivity index (χ3n) is 5.40. The van der Waals surface area contributed by atoms with E-state index in [0.717, 1.165) is 17.8 Å². The first kappa shape index (κ1) is 20.4. The lowest BCUT2D eigenvalue weighted by atomic mass is 10.0. The first-order valence-electron chi connectivity index (χ1n) is 10.3. The summed E-state index contributed by atoms with van der Waals surface area (Å²) in [6.07, 6.45) is 0.937. The van der Waals surface area contributed by atoms with Crippen LogP contribution in [0.4, 0.5) is 17.1 Å². The van der Waals surface area contributed by atoms with Crippen LogP contribution in [0.25, 0.3) is 5.57 Å². The van der Waals surface area contributed by atoms with Gasteiger partial charge >= 0.3 is 0 Å². The number of nitrogens with one attached hydrogen (secondary N) is 1. The van der Waals surface area contributed by atoms with Gasteiger partial charge in [-0.3, -0.25) is 9.59 Å². The van der Waals surface area contributed by atoms with E-state index in [4.69, 9.17) is 0 Å². The zero-order valence-electron chi connectivity index (χ0n) is 17.9. The van der Waals surface area contributed by atoms with E-state index in [1.165, 1.54) is 10.5 Å². The van der Waals surface area contributed by atoms with E-state index < -0.39 is 0 Å². The fourth-order valence-electron chi connectivity index (χ4n) is 3.62. The number of hydrogen-bond acceptors (Lipinski definition) is 4. The Morgan fingerprint density at radius 1 is 0.806 bits per heavy atom. The molecule has 5 heteroatoms. The molecule has 0 bridgehead atoms. The monoisotopic (exact) mass is 411 g/mol. The number of hydrogen-bond donors (Lipinski definition) is 1. The molecular formula is C26H25N3O2. The maximum atomic E-state index is 13.4. The van der Waals surface area contributed by atoms with Crippen LogP contribution in [-0.4, -0.2) is 25.9 Å². The van der Waals surface area contributed by atoms with Gasteiger partial charge in [0.2, 0.25) is 0 Å². The second-order valence-corrected chi connectivity index (χ2v) is 7.65. The lowest BCUT2D eigenvalue weighted by molar-refractivity contribution is -0.120. The lowest BCUT2D eigenvalue weighted by Crippen LogP contribution is -2.32. The van der Waals surface area contributed by atoms with Crippen molar-refractivity contribution in [1.29, 1.82) is 0 Å². The molecule has 1 heterocycles. The fourth-order valence-corrected chi connectivity index (χ4v) is 3.62. The van der Waals surface area contributed by atoms with Gasteiger partial charge in [-0.05, 0) is 53.9 Å². The summed E-state index contributed by atoms with van der Waals surface area (Å²) in [6.45, 7) is 2.09. The summed E-state index contributed by atoms with van der Waals surface area (Å²) >= 11 is 0. The molecule has 0 fully saturated rings. The van der Waals surface area contributed by atoms with Gasteiger partial charge in [-0.1, -0.05) is 49.4 Å². The van der Waals surface area contributed by atoms with Crippen LogP contribution in [-0.2, 0) is 16.0 Å². The van der Waals surface area contributed by atoms with Crippen LogP contribution in [0.3, 0.4) is 0 Å². The van der Waals surface area contributed by atoms with Gasteiger partial charge in [0.05, 0.1) is 11.3 Å². The molecule has 0 aliphatic carbocycles. The highest BCUT2D eigenvalue weighted by atomic mass is 16.2. The van der Waals surface area contributed by atoms with Gasteiger partial charge in [0, 0.05) is 25.5 Å². The van der Waals surface area contributed by atoms with E-state index in [1.54, 1.807) is 12.1 Å². The molecule has 0 atom stereocenters. The molecular weight excluding hydrogens is 386 g/mol. The minimum absolute atomic E-state index is 0.289. The van der Waals surface area contributed by atoms with Crippen molar-refractivity contribution in [2.45, 2.75) is 13.3 Å². The largest absolute Gasteiger partial charge is 0.378 e. The van der Waals surface area contributed by atoms with Crippen molar-refractivity contribution in [3.63, 3.8) is 0 Å². The molecule has 1 N–H and O–H groups in total. The van der Waals surface area contributed by atoms with Crippen molar-refractivity contribution in [2.75, 3.05) is 29.2 Å². The van der Waals surface area contributed by atoms with E-state index in [0.29, 0.717) is 16.8 Å². The highest BCUT2D eigenvalue weighted by molar-refractivity contribution is 6.46. The smallest absolute Gasteiger partial charge is 0.282 e. The normalized spacial score (nSPS) is 13.7. The zero-order chi connectivity index (χ0) is 22.0. The van der Waals surface area contributed by atoms with Crippen LogP contribution in [0.2, 0.25) is 0 Å². The summed E-state index contributed by atoms with van der Waals surface area (Å²) in [4.78, 5) is 30.1. The van der Waals surface area contributed by atoms with Crippen LogP contribution in [0, 0.1) is 0 Å². The highest BCUT2D eigenvalue weighted by Crippen LogP contribution is 2.34. The van der Waals surface area contributed by atoms with Crippen LogP contribution in [0.1, 0.15) is 18.1 Å². The van der Waals surface area contributed by atoms with Gasteiger partial charge in [-0.15, -0.1) is 0 Å². The van der Waals surface area contributed by atoms with E-state index in [-0.39, 0.29) is 17.5 Å². The van der Waals surface area contributed by atoms with Crippen LogP contribution < -0.4 is 15.1 Å². The molecule has 2 amide bonds. The number of carbonyl (C=O) groups is 2. The lowest BCUT2D eigenvalue weighted by Gasteiger charge is -2.18. The number of rotatable bonds is 6. The van der Waals surface area contributed by atoms with E-state index in [9.17, 15) is 9.59 Å². The maximum Gasteiger partial charge on any atom is 0.282 e. The van der Waals surface area contributed by atoms with Crippen molar-refractivity contribution < 1.29 is 9.59 Å².